The number of nitrogens with one attached hydrogen (secondary N) is 1. The van der Waals surface area contributed by atoms with E-state index in [9.17, 15) is 0 Å². The van der Waals surface area contributed by atoms with Crippen LogP contribution in [0, 0.1) is 6.92 Å². The van der Waals surface area contributed by atoms with Gasteiger partial charge in [-0.2, -0.15) is 0 Å². The maximum absolute atomic E-state index is 5.26. The van der Waals surface area contributed by atoms with Crippen molar-refractivity contribution in [2.75, 3.05) is 12.4 Å². The van der Waals surface area contributed by atoms with Crippen molar-refractivity contribution in [3.8, 4) is 11.5 Å². The number of furan rings is 1. The highest BCUT2D eigenvalue weighted by Gasteiger charge is 2.05. The molecule has 0 atom stereocenters. The fourth-order valence-corrected chi connectivity index (χ4v) is 1.25. The van der Waals surface area contributed by atoms with E-state index in [1.807, 2.05) is 32.2 Å². The van der Waals surface area contributed by atoms with Crippen molar-refractivity contribution in [2.24, 2.45) is 0 Å². The number of nitrogens with zero attached hydrogens (tertiary/aromatic N) is 2. The Hall–Kier alpha value is -1.84. The van der Waals surface area contributed by atoms with Gasteiger partial charge in [-0.05, 0) is 19.1 Å². The van der Waals surface area contributed by atoms with Crippen LogP contribution < -0.4 is 5.32 Å². The van der Waals surface area contributed by atoms with Gasteiger partial charge >= 0.3 is 0 Å². The Morgan fingerprint density at radius 3 is 2.86 bits per heavy atom. The Kier molecular flexibility index (Phi) is 2.18. The molecule has 0 aliphatic carbocycles. The Labute approximate surface area is 82.0 Å². The standard InChI is InChI=1S/C10H11N3O/c1-7-12-8(6-10(11-2)13-7)9-4-3-5-14-9/h3-6H,1-2H3,(H,11,12,13). The minimum absolute atomic E-state index is 0.725. The van der Waals surface area contributed by atoms with Gasteiger partial charge in [-0.3, -0.25) is 0 Å². The number of aryl methyl sites for hydroxylation is 1. The van der Waals surface area contributed by atoms with Crippen molar-refractivity contribution >= 4 is 5.82 Å². The summed E-state index contributed by atoms with van der Waals surface area (Å²) in [6.45, 7) is 1.85. The van der Waals surface area contributed by atoms with E-state index in [4.69, 9.17) is 4.42 Å². The van der Waals surface area contributed by atoms with Gasteiger partial charge in [0.25, 0.3) is 0 Å². The molecule has 72 valence electrons. The maximum Gasteiger partial charge on any atom is 0.152 e. The summed E-state index contributed by atoms with van der Waals surface area (Å²) in [7, 11) is 1.83. The highest BCUT2D eigenvalue weighted by atomic mass is 16.3. The number of anilines is 1. The monoisotopic (exact) mass is 189 g/mol. The van der Waals surface area contributed by atoms with Crippen LogP contribution in [0.15, 0.2) is 28.9 Å². The van der Waals surface area contributed by atoms with E-state index in [-0.39, 0.29) is 0 Å². The lowest BCUT2D eigenvalue weighted by Crippen LogP contribution is -1.97. The van der Waals surface area contributed by atoms with Crippen LogP contribution in [0.2, 0.25) is 0 Å². The van der Waals surface area contributed by atoms with Crippen LogP contribution in [0.25, 0.3) is 11.5 Å². The molecule has 0 unspecified atom stereocenters. The first-order valence-electron chi connectivity index (χ1n) is 4.37. The van der Waals surface area contributed by atoms with Gasteiger partial charge < -0.3 is 9.73 Å². The van der Waals surface area contributed by atoms with Crippen molar-refractivity contribution in [3.63, 3.8) is 0 Å². The van der Waals surface area contributed by atoms with E-state index in [1.54, 1.807) is 6.26 Å². The zero-order valence-electron chi connectivity index (χ0n) is 8.11. The number of aromatic nitrogens is 2. The quantitative estimate of drug-likeness (QED) is 0.785. The number of rotatable bonds is 2. The van der Waals surface area contributed by atoms with Crippen molar-refractivity contribution in [1.82, 2.24) is 9.97 Å². The molecule has 0 aliphatic heterocycles. The molecule has 0 amide bonds. The minimum atomic E-state index is 0.725. The molecule has 0 spiro atoms. The Balaban J connectivity index is 2.48. The topological polar surface area (TPSA) is 51.0 Å². The zero-order chi connectivity index (χ0) is 9.97. The average Bonchev–Trinajstić information content (AvgIpc) is 2.69. The number of hydrogen-bond acceptors (Lipinski definition) is 4. The van der Waals surface area contributed by atoms with E-state index >= 15 is 0 Å². The second kappa shape index (κ2) is 3.49. The lowest BCUT2D eigenvalue weighted by atomic mass is 10.3. The third-order valence-electron chi connectivity index (χ3n) is 1.87. The van der Waals surface area contributed by atoms with E-state index in [0.29, 0.717) is 0 Å². The van der Waals surface area contributed by atoms with Gasteiger partial charge in [0.05, 0.1) is 6.26 Å². The van der Waals surface area contributed by atoms with Gasteiger partial charge in [-0.15, -0.1) is 0 Å². The van der Waals surface area contributed by atoms with Gasteiger partial charge in [-0.25, -0.2) is 9.97 Å². The van der Waals surface area contributed by atoms with Crippen LogP contribution in [-0.4, -0.2) is 17.0 Å². The van der Waals surface area contributed by atoms with E-state index < -0.39 is 0 Å². The smallest absolute Gasteiger partial charge is 0.152 e. The van der Waals surface area contributed by atoms with E-state index in [0.717, 1.165) is 23.1 Å². The average molecular weight is 189 g/mol. The van der Waals surface area contributed by atoms with Crippen LogP contribution in [0.3, 0.4) is 0 Å². The first-order chi connectivity index (χ1) is 6.79. The van der Waals surface area contributed by atoms with Crippen LogP contribution >= 0.6 is 0 Å². The maximum atomic E-state index is 5.26. The van der Waals surface area contributed by atoms with Crippen LogP contribution in [0.4, 0.5) is 5.82 Å². The molecule has 0 saturated carbocycles. The van der Waals surface area contributed by atoms with Gasteiger partial charge in [0, 0.05) is 13.1 Å². The van der Waals surface area contributed by atoms with Gasteiger partial charge in [0.15, 0.2) is 5.76 Å². The predicted molar refractivity (Wildman–Crippen MR) is 54.0 cm³/mol. The summed E-state index contributed by atoms with van der Waals surface area (Å²) in [6.07, 6.45) is 1.63. The summed E-state index contributed by atoms with van der Waals surface area (Å²) in [5.41, 5.74) is 0.798. The third kappa shape index (κ3) is 1.59. The summed E-state index contributed by atoms with van der Waals surface area (Å²) in [5.74, 6) is 2.28. The lowest BCUT2D eigenvalue weighted by molar-refractivity contribution is 0.579. The molecule has 0 radical (unpaired) electrons. The minimum Gasteiger partial charge on any atom is -0.463 e. The second-order valence-electron chi connectivity index (χ2n) is 2.91. The molecule has 2 heterocycles. The molecule has 0 fully saturated rings. The molecule has 2 rings (SSSR count). The lowest BCUT2D eigenvalue weighted by Gasteiger charge is -2.02. The SMILES string of the molecule is CNc1cc(-c2ccco2)nc(C)n1. The van der Waals surface area contributed by atoms with Crippen LogP contribution in [-0.2, 0) is 0 Å². The fourth-order valence-electron chi connectivity index (χ4n) is 1.25. The summed E-state index contributed by atoms with van der Waals surface area (Å²) in [6, 6.07) is 5.57. The Morgan fingerprint density at radius 2 is 2.21 bits per heavy atom. The summed E-state index contributed by atoms with van der Waals surface area (Å²) in [5, 5.41) is 2.98. The molecule has 0 bridgehead atoms. The Bertz CT molecular complexity index is 423. The highest BCUT2D eigenvalue weighted by Crippen LogP contribution is 2.19. The summed E-state index contributed by atoms with van der Waals surface area (Å²) in [4.78, 5) is 8.48. The largest absolute Gasteiger partial charge is 0.463 e. The molecule has 2 aromatic heterocycles. The van der Waals surface area contributed by atoms with Gasteiger partial charge in [0.1, 0.15) is 17.3 Å². The Morgan fingerprint density at radius 1 is 1.36 bits per heavy atom. The first kappa shape index (κ1) is 8.74. The number of hydrogen-bond donors (Lipinski definition) is 1. The van der Waals surface area contributed by atoms with Crippen molar-refractivity contribution in [3.05, 3.63) is 30.3 Å². The molecule has 4 nitrogen and oxygen atoms in total. The third-order valence-corrected chi connectivity index (χ3v) is 1.87. The molecule has 14 heavy (non-hydrogen) atoms. The van der Waals surface area contributed by atoms with Crippen molar-refractivity contribution in [1.29, 1.82) is 0 Å². The van der Waals surface area contributed by atoms with Gasteiger partial charge in [0.2, 0.25) is 0 Å². The molecule has 1 N–H and O–H groups in total. The molecule has 0 aliphatic rings. The highest BCUT2D eigenvalue weighted by molar-refractivity contribution is 5.56. The second-order valence-corrected chi connectivity index (χ2v) is 2.91. The molecular formula is C10H11N3O. The summed E-state index contributed by atoms with van der Waals surface area (Å²) >= 11 is 0. The van der Waals surface area contributed by atoms with Crippen LogP contribution in [0.1, 0.15) is 5.82 Å². The fraction of sp³-hybridized carbons (Fsp3) is 0.200. The van der Waals surface area contributed by atoms with Crippen molar-refractivity contribution < 1.29 is 4.42 Å². The summed E-state index contributed by atoms with van der Waals surface area (Å²) < 4.78 is 5.26. The first-order valence-corrected chi connectivity index (χ1v) is 4.37. The van der Waals surface area contributed by atoms with Gasteiger partial charge in [-0.1, -0.05) is 0 Å². The molecule has 4 heteroatoms. The van der Waals surface area contributed by atoms with E-state index in [1.165, 1.54) is 0 Å². The molecule has 0 saturated heterocycles. The van der Waals surface area contributed by atoms with E-state index in [2.05, 4.69) is 15.3 Å². The molecule has 2 aromatic rings. The normalized spacial score (nSPS) is 10.1. The van der Waals surface area contributed by atoms with Crippen LogP contribution in [0.5, 0.6) is 0 Å². The molecule has 0 aromatic carbocycles. The van der Waals surface area contributed by atoms with Crippen molar-refractivity contribution in [2.45, 2.75) is 6.92 Å². The zero-order valence-corrected chi connectivity index (χ0v) is 8.11. The predicted octanol–water partition coefficient (Wildman–Crippen LogP) is 2.09. The molecular weight excluding hydrogens is 178 g/mol.